The Hall–Kier alpha value is -4.11. The summed E-state index contributed by atoms with van der Waals surface area (Å²) >= 11 is 0. The molecule has 34 heavy (non-hydrogen) atoms. The highest BCUT2D eigenvalue weighted by atomic mass is 16.1. The van der Waals surface area contributed by atoms with Gasteiger partial charge in [0.2, 0.25) is 0 Å². The fourth-order valence-corrected chi connectivity index (χ4v) is 4.14. The van der Waals surface area contributed by atoms with E-state index in [9.17, 15) is 9.59 Å². The Bertz CT molecular complexity index is 1320. The molecule has 0 saturated heterocycles. The summed E-state index contributed by atoms with van der Waals surface area (Å²) < 4.78 is 0. The predicted molar refractivity (Wildman–Crippen MR) is 140 cm³/mol. The number of aromatic nitrogens is 1. The second kappa shape index (κ2) is 9.80. The maximum atomic E-state index is 11.8. The van der Waals surface area contributed by atoms with Crippen LogP contribution in [0, 0.1) is 6.92 Å². The molecule has 0 amide bonds. The third kappa shape index (κ3) is 4.79. The summed E-state index contributed by atoms with van der Waals surface area (Å²) in [6.07, 6.45) is 3.96. The van der Waals surface area contributed by atoms with E-state index in [4.69, 9.17) is 4.98 Å². The van der Waals surface area contributed by atoms with Gasteiger partial charge in [-0.15, -0.1) is 0 Å². The lowest BCUT2D eigenvalue weighted by Crippen LogP contribution is -1.97. The topological polar surface area (TPSA) is 47.0 Å². The Balaban J connectivity index is 2.00. The lowest BCUT2D eigenvalue weighted by Gasteiger charge is -2.18. The molecule has 1 heterocycles. The Morgan fingerprint density at radius 2 is 1.24 bits per heavy atom. The molecule has 4 rings (SSSR count). The summed E-state index contributed by atoms with van der Waals surface area (Å²) in [6, 6.07) is 25.8. The van der Waals surface area contributed by atoms with E-state index >= 15 is 0 Å². The van der Waals surface area contributed by atoms with Crippen LogP contribution < -0.4 is 0 Å². The van der Waals surface area contributed by atoms with Crippen molar-refractivity contribution in [1.82, 2.24) is 4.98 Å². The molecule has 3 heteroatoms. The maximum Gasteiger partial charge on any atom is 0.159 e. The van der Waals surface area contributed by atoms with Gasteiger partial charge >= 0.3 is 0 Å². The number of allylic oxidation sites excluding steroid dienone is 1. The van der Waals surface area contributed by atoms with E-state index in [-0.39, 0.29) is 11.6 Å². The number of nitrogens with zero attached hydrogens (tertiary/aromatic N) is 1. The summed E-state index contributed by atoms with van der Waals surface area (Å²) in [6.45, 7) is 7.21. The molecule has 0 fully saturated rings. The molecule has 0 spiro atoms. The van der Waals surface area contributed by atoms with Crippen molar-refractivity contribution >= 4 is 17.6 Å². The van der Waals surface area contributed by atoms with Crippen molar-refractivity contribution in [2.75, 3.05) is 0 Å². The van der Waals surface area contributed by atoms with Crippen LogP contribution in [-0.4, -0.2) is 16.6 Å². The van der Waals surface area contributed by atoms with Crippen LogP contribution in [0.25, 0.3) is 39.6 Å². The summed E-state index contributed by atoms with van der Waals surface area (Å²) in [7, 11) is 0. The van der Waals surface area contributed by atoms with Crippen molar-refractivity contribution in [2.24, 2.45) is 0 Å². The first-order valence-corrected chi connectivity index (χ1v) is 11.3. The summed E-state index contributed by atoms with van der Waals surface area (Å²) in [5, 5.41) is 0. The third-order valence-corrected chi connectivity index (χ3v) is 5.85. The van der Waals surface area contributed by atoms with E-state index < -0.39 is 0 Å². The number of pyridine rings is 1. The summed E-state index contributed by atoms with van der Waals surface area (Å²) in [5.74, 6) is 0.0889. The van der Waals surface area contributed by atoms with Crippen LogP contribution in [0.3, 0.4) is 0 Å². The Morgan fingerprint density at radius 1 is 0.735 bits per heavy atom. The molecule has 0 aliphatic heterocycles. The molecule has 168 valence electrons. The van der Waals surface area contributed by atoms with Crippen LogP contribution >= 0.6 is 0 Å². The fourth-order valence-electron chi connectivity index (χ4n) is 4.14. The van der Waals surface area contributed by atoms with Gasteiger partial charge in [0.1, 0.15) is 0 Å². The Morgan fingerprint density at radius 3 is 1.68 bits per heavy atom. The second-order valence-corrected chi connectivity index (χ2v) is 8.45. The Kier molecular flexibility index (Phi) is 6.65. The van der Waals surface area contributed by atoms with Crippen molar-refractivity contribution < 1.29 is 9.59 Å². The number of carbonyl (C=O) groups excluding carboxylic acids is 2. The van der Waals surface area contributed by atoms with Gasteiger partial charge in [0.15, 0.2) is 11.6 Å². The molecular formula is C31H27NO2. The smallest absolute Gasteiger partial charge is 0.159 e. The first kappa shape index (κ1) is 23.1. The van der Waals surface area contributed by atoms with Crippen LogP contribution in [-0.2, 0) is 0 Å². The van der Waals surface area contributed by atoms with Crippen LogP contribution in [0.4, 0.5) is 0 Å². The van der Waals surface area contributed by atoms with E-state index in [1.807, 2.05) is 85.8 Å². The zero-order chi connectivity index (χ0) is 24.2. The number of carbonyl (C=O) groups is 2. The van der Waals surface area contributed by atoms with Gasteiger partial charge < -0.3 is 0 Å². The van der Waals surface area contributed by atoms with Gasteiger partial charge in [0.25, 0.3) is 0 Å². The van der Waals surface area contributed by atoms with Crippen molar-refractivity contribution in [3.8, 4) is 33.5 Å². The largest absolute Gasteiger partial charge is 0.295 e. The zero-order valence-electron chi connectivity index (χ0n) is 19.9. The second-order valence-electron chi connectivity index (χ2n) is 8.45. The van der Waals surface area contributed by atoms with Crippen molar-refractivity contribution in [1.29, 1.82) is 0 Å². The predicted octanol–water partition coefficient (Wildman–Crippen LogP) is 7.83. The molecule has 0 atom stereocenters. The number of ketones is 2. The molecule has 4 aromatic rings. The Labute approximate surface area is 200 Å². The van der Waals surface area contributed by atoms with E-state index in [1.54, 1.807) is 13.8 Å². The monoisotopic (exact) mass is 445 g/mol. The van der Waals surface area contributed by atoms with Gasteiger partial charge in [0, 0.05) is 16.7 Å². The van der Waals surface area contributed by atoms with Crippen molar-refractivity contribution in [3.05, 3.63) is 107 Å². The molecule has 0 unspecified atom stereocenters. The number of aryl methyl sites for hydroxylation is 1. The number of Topliss-reactive ketones (excluding diaryl/α,β-unsaturated/α-hetero) is 2. The SMILES string of the molecule is C/C=C/c1cccc(-c2c(-c3ccc(C(C)=O)cc3)cc(C)cc2-c2ccc(C(C)=O)cc2)n1. The number of hydrogen-bond donors (Lipinski definition) is 0. The highest BCUT2D eigenvalue weighted by molar-refractivity contribution is 5.98. The quantitative estimate of drug-likeness (QED) is 0.284. The molecule has 0 bridgehead atoms. The molecule has 0 radical (unpaired) electrons. The van der Waals surface area contributed by atoms with E-state index in [1.165, 1.54) is 0 Å². The highest BCUT2D eigenvalue weighted by Crippen LogP contribution is 2.40. The van der Waals surface area contributed by atoms with Crippen molar-refractivity contribution in [2.45, 2.75) is 27.7 Å². The summed E-state index contributed by atoms with van der Waals surface area (Å²) in [4.78, 5) is 28.5. The minimum atomic E-state index is 0.0444. The average Bonchev–Trinajstić information content (AvgIpc) is 2.84. The average molecular weight is 446 g/mol. The fraction of sp³-hybridized carbons (Fsp3) is 0.129. The molecule has 0 aliphatic carbocycles. The molecule has 0 N–H and O–H groups in total. The standard InChI is InChI=1S/C31H27NO2/c1-5-7-27-8-6-9-30(32-27)31-28(25-14-10-23(11-15-25)21(3)33)18-20(2)19-29(31)26-16-12-24(13-17-26)22(4)34/h5-19H,1-4H3/b7-5+. The number of rotatable bonds is 6. The highest BCUT2D eigenvalue weighted by Gasteiger charge is 2.17. The molecule has 0 saturated carbocycles. The van der Waals surface area contributed by atoms with E-state index in [0.29, 0.717) is 11.1 Å². The number of hydrogen-bond acceptors (Lipinski definition) is 3. The number of benzene rings is 3. The first-order valence-electron chi connectivity index (χ1n) is 11.3. The molecule has 1 aromatic heterocycles. The van der Waals surface area contributed by atoms with Gasteiger partial charge in [-0.05, 0) is 73.7 Å². The molecule has 3 nitrogen and oxygen atoms in total. The minimum Gasteiger partial charge on any atom is -0.295 e. The van der Waals surface area contributed by atoms with Gasteiger partial charge in [0.05, 0.1) is 11.4 Å². The third-order valence-electron chi connectivity index (χ3n) is 5.85. The van der Waals surface area contributed by atoms with Crippen LogP contribution in [0.5, 0.6) is 0 Å². The molecule has 0 aliphatic rings. The molecule has 3 aromatic carbocycles. The molecular weight excluding hydrogens is 418 g/mol. The summed E-state index contributed by atoms with van der Waals surface area (Å²) in [5.41, 5.74) is 9.39. The van der Waals surface area contributed by atoms with Crippen LogP contribution in [0.2, 0.25) is 0 Å². The van der Waals surface area contributed by atoms with Gasteiger partial charge in [-0.1, -0.05) is 72.8 Å². The van der Waals surface area contributed by atoms with Gasteiger partial charge in [-0.2, -0.15) is 0 Å². The van der Waals surface area contributed by atoms with Gasteiger partial charge in [-0.3, -0.25) is 9.59 Å². The van der Waals surface area contributed by atoms with Gasteiger partial charge in [-0.25, -0.2) is 4.98 Å². The normalized spacial score (nSPS) is 11.1. The zero-order valence-corrected chi connectivity index (χ0v) is 19.9. The van der Waals surface area contributed by atoms with E-state index in [2.05, 4.69) is 19.1 Å². The van der Waals surface area contributed by atoms with Crippen molar-refractivity contribution in [3.63, 3.8) is 0 Å². The van der Waals surface area contributed by atoms with Crippen LogP contribution in [0.15, 0.2) is 84.9 Å². The lowest BCUT2D eigenvalue weighted by molar-refractivity contribution is 0.100. The van der Waals surface area contributed by atoms with E-state index in [0.717, 1.165) is 44.8 Å². The first-order chi connectivity index (χ1) is 16.4. The minimum absolute atomic E-state index is 0.0444. The maximum absolute atomic E-state index is 11.8. The van der Waals surface area contributed by atoms with Crippen LogP contribution in [0.1, 0.15) is 52.7 Å². The lowest BCUT2D eigenvalue weighted by atomic mass is 9.87.